The second-order valence-corrected chi connectivity index (χ2v) is 8.25. The quantitative estimate of drug-likeness (QED) is 0.793. The summed E-state index contributed by atoms with van der Waals surface area (Å²) in [5.41, 5.74) is 0.878. The maximum atomic E-state index is 6.06. The molecule has 0 aliphatic carbocycles. The van der Waals surface area contributed by atoms with Gasteiger partial charge < -0.3 is 14.2 Å². The molecule has 6 nitrogen and oxygen atoms in total. The Morgan fingerprint density at radius 2 is 1.89 bits per heavy atom. The number of ether oxygens (including phenoxy) is 1. The molecule has 3 heterocycles. The van der Waals surface area contributed by atoms with Crippen LogP contribution in [0.25, 0.3) is 11.4 Å². The largest absolute Gasteiger partial charge is 0.373 e. The normalized spacial score (nSPS) is 25.1. The van der Waals surface area contributed by atoms with E-state index in [0.29, 0.717) is 35.0 Å². The Balaban J connectivity index is 1.32. The number of morpholine rings is 1. The van der Waals surface area contributed by atoms with Crippen LogP contribution in [-0.2, 0) is 4.74 Å². The number of nitrogens with zero attached hydrogens (tertiary/aromatic N) is 4. The van der Waals surface area contributed by atoms with Gasteiger partial charge in [0.05, 0.1) is 12.2 Å². The van der Waals surface area contributed by atoms with Crippen LogP contribution in [0.3, 0.4) is 0 Å². The molecule has 0 N–H and O–H groups in total. The smallest absolute Gasteiger partial charge is 0.324 e. The van der Waals surface area contributed by atoms with E-state index < -0.39 is 0 Å². The molecule has 2 unspecified atom stereocenters. The Morgan fingerprint density at radius 3 is 2.59 bits per heavy atom. The first-order valence-corrected chi connectivity index (χ1v) is 10.2. The third-order valence-corrected chi connectivity index (χ3v) is 5.63. The first-order valence-electron chi connectivity index (χ1n) is 9.79. The Morgan fingerprint density at radius 1 is 1.15 bits per heavy atom. The minimum Gasteiger partial charge on any atom is -0.373 e. The molecule has 2 atom stereocenters. The SMILES string of the molecule is CC1CN(CC2CCN(c3nc(-c4cccc(Cl)c4)no3)CC2)CC(C)O1. The maximum Gasteiger partial charge on any atom is 0.324 e. The van der Waals surface area contributed by atoms with Gasteiger partial charge >= 0.3 is 6.01 Å². The molecule has 0 saturated carbocycles. The second kappa shape index (κ2) is 8.17. The summed E-state index contributed by atoms with van der Waals surface area (Å²) in [6, 6.07) is 8.14. The zero-order chi connectivity index (χ0) is 18.8. The van der Waals surface area contributed by atoms with Crippen LogP contribution in [0.1, 0.15) is 26.7 Å². The van der Waals surface area contributed by atoms with E-state index >= 15 is 0 Å². The summed E-state index contributed by atoms with van der Waals surface area (Å²) in [6.45, 7) is 9.48. The Hall–Kier alpha value is -1.63. The molecule has 0 radical (unpaired) electrons. The van der Waals surface area contributed by atoms with Crippen molar-refractivity contribution in [2.45, 2.75) is 38.9 Å². The van der Waals surface area contributed by atoms with Gasteiger partial charge in [-0.2, -0.15) is 4.98 Å². The summed E-state index contributed by atoms with van der Waals surface area (Å²) in [6.07, 6.45) is 2.96. The molecule has 2 saturated heterocycles. The summed E-state index contributed by atoms with van der Waals surface area (Å²) in [7, 11) is 0. The fraction of sp³-hybridized carbons (Fsp3) is 0.600. The molecule has 146 valence electrons. The fourth-order valence-electron chi connectivity index (χ4n) is 4.19. The number of hydrogen-bond acceptors (Lipinski definition) is 6. The van der Waals surface area contributed by atoms with Crippen molar-refractivity contribution in [3.8, 4) is 11.4 Å². The Kier molecular flexibility index (Phi) is 5.66. The monoisotopic (exact) mass is 390 g/mol. The first-order chi connectivity index (χ1) is 13.1. The van der Waals surface area contributed by atoms with Crippen molar-refractivity contribution in [3.05, 3.63) is 29.3 Å². The molecule has 4 rings (SSSR count). The highest BCUT2D eigenvalue weighted by atomic mass is 35.5. The van der Waals surface area contributed by atoms with Gasteiger partial charge in [-0.15, -0.1) is 0 Å². The molecule has 7 heteroatoms. The van der Waals surface area contributed by atoms with Crippen LogP contribution in [-0.4, -0.2) is 60.0 Å². The van der Waals surface area contributed by atoms with Crippen molar-refractivity contribution in [3.63, 3.8) is 0 Å². The lowest BCUT2D eigenvalue weighted by molar-refractivity contribution is -0.0720. The molecule has 2 fully saturated rings. The Bertz CT molecular complexity index is 750. The van der Waals surface area contributed by atoms with Gasteiger partial charge in [-0.05, 0) is 44.7 Å². The van der Waals surface area contributed by atoms with Crippen LogP contribution in [0, 0.1) is 5.92 Å². The highest BCUT2D eigenvalue weighted by molar-refractivity contribution is 6.30. The van der Waals surface area contributed by atoms with Crippen LogP contribution in [0.4, 0.5) is 6.01 Å². The van der Waals surface area contributed by atoms with Crippen LogP contribution >= 0.6 is 11.6 Å². The topological polar surface area (TPSA) is 54.6 Å². The molecule has 27 heavy (non-hydrogen) atoms. The van der Waals surface area contributed by atoms with E-state index in [0.717, 1.165) is 51.1 Å². The molecule has 0 amide bonds. The lowest BCUT2D eigenvalue weighted by atomic mass is 9.96. The summed E-state index contributed by atoms with van der Waals surface area (Å²) in [4.78, 5) is 9.32. The fourth-order valence-corrected chi connectivity index (χ4v) is 4.38. The van der Waals surface area contributed by atoms with E-state index in [1.165, 1.54) is 0 Å². The highest BCUT2D eigenvalue weighted by Crippen LogP contribution is 2.26. The molecule has 0 spiro atoms. The van der Waals surface area contributed by atoms with Crippen molar-refractivity contribution in [1.82, 2.24) is 15.0 Å². The zero-order valence-electron chi connectivity index (χ0n) is 16.0. The molecule has 1 aromatic heterocycles. The van der Waals surface area contributed by atoms with E-state index in [9.17, 15) is 0 Å². The van der Waals surface area contributed by atoms with E-state index in [1.807, 2.05) is 24.3 Å². The number of piperidine rings is 1. The molecular weight excluding hydrogens is 364 g/mol. The number of benzene rings is 1. The van der Waals surface area contributed by atoms with E-state index in [-0.39, 0.29) is 0 Å². The number of anilines is 1. The van der Waals surface area contributed by atoms with Crippen molar-refractivity contribution in [2.24, 2.45) is 5.92 Å². The number of hydrogen-bond donors (Lipinski definition) is 0. The van der Waals surface area contributed by atoms with E-state index in [1.54, 1.807) is 0 Å². The standard InChI is InChI=1S/C20H27ClN4O2/c1-14-11-24(12-15(2)26-14)13-16-6-8-25(9-7-16)20-22-19(23-27-20)17-4-3-5-18(21)10-17/h3-5,10,14-16H,6-9,11-13H2,1-2H3. The summed E-state index contributed by atoms with van der Waals surface area (Å²) in [5, 5.41) is 4.80. The van der Waals surface area contributed by atoms with Crippen LogP contribution in [0.15, 0.2) is 28.8 Å². The lowest BCUT2D eigenvalue weighted by Gasteiger charge is -2.39. The lowest BCUT2D eigenvalue weighted by Crippen LogP contribution is -2.48. The van der Waals surface area contributed by atoms with Crippen LogP contribution in [0.5, 0.6) is 0 Å². The van der Waals surface area contributed by atoms with Crippen molar-refractivity contribution < 1.29 is 9.26 Å². The van der Waals surface area contributed by atoms with Gasteiger partial charge in [-0.25, -0.2) is 0 Å². The summed E-state index contributed by atoms with van der Waals surface area (Å²) < 4.78 is 11.3. The molecule has 2 aliphatic rings. The van der Waals surface area contributed by atoms with Gasteiger partial charge in [-0.3, -0.25) is 4.90 Å². The number of aromatic nitrogens is 2. The predicted octanol–water partition coefficient (Wildman–Crippen LogP) is 3.72. The van der Waals surface area contributed by atoms with Crippen LogP contribution < -0.4 is 4.90 Å². The number of rotatable bonds is 4. The maximum absolute atomic E-state index is 6.06. The average molecular weight is 391 g/mol. The van der Waals surface area contributed by atoms with Gasteiger partial charge in [0.25, 0.3) is 0 Å². The van der Waals surface area contributed by atoms with Gasteiger partial charge in [0, 0.05) is 43.3 Å². The average Bonchev–Trinajstić information content (AvgIpc) is 3.12. The minimum atomic E-state index is 0.331. The van der Waals surface area contributed by atoms with Crippen molar-refractivity contribution in [2.75, 3.05) is 37.6 Å². The molecule has 2 aliphatic heterocycles. The van der Waals surface area contributed by atoms with Gasteiger partial charge in [0.2, 0.25) is 5.82 Å². The molecule has 1 aromatic carbocycles. The van der Waals surface area contributed by atoms with Gasteiger partial charge in [0.1, 0.15) is 0 Å². The van der Waals surface area contributed by atoms with Gasteiger partial charge in [0.15, 0.2) is 0 Å². The minimum absolute atomic E-state index is 0.331. The highest BCUT2D eigenvalue weighted by Gasteiger charge is 2.28. The summed E-state index contributed by atoms with van der Waals surface area (Å²) in [5.74, 6) is 1.31. The second-order valence-electron chi connectivity index (χ2n) is 7.82. The number of halogens is 1. The molecule has 2 aromatic rings. The van der Waals surface area contributed by atoms with Gasteiger partial charge in [-0.1, -0.05) is 28.9 Å². The third kappa shape index (κ3) is 4.62. The third-order valence-electron chi connectivity index (χ3n) is 5.39. The predicted molar refractivity (Wildman–Crippen MR) is 106 cm³/mol. The van der Waals surface area contributed by atoms with E-state index in [4.69, 9.17) is 20.9 Å². The zero-order valence-corrected chi connectivity index (χ0v) is 16.7. The molecule has 0 bridgehead atoms. The van der Waals surface area contributed by atoms with Crippen molar-refractivity contribution >= 4 is 17.6 Å². The summed E-state index contributed by atoms with van der Waals surface area (Å²) >= 11 is 6.06. The Labute approximate surface area is 165 Å². The van der Waals surface area contributed by atoms with Crippen molar-refractivity contribution in [1.29, 1.82) is 0 Å². The first kappa shape index (κ1) is 18.7. The van der Waals surface area contributed by atoms with Crippen LogP contribution in [0.2, 0.25) is 5.02 Å². The molecular formula is C20H27ClN4O2. The van der Waals surface area contributed by atoms with E-state index in [2.05, 4.69) is 33.8 Å².